The van der Waals surface area contributed by atoms with Crippen LogP contribution in [-0.4, -0.2) is 25.1 Å². The summed E-state index contributed by atoms with van der Waals surface area (Å²) in [7, 11) is 0. The fourth-order valence-corrected chi connectivity index (χ4v) is 0.741. The van der Waals surface area contributed by atoms with Gasteiger partial charge in [-0.05, 0) is 10.6 Å². The van der Waals surface area contributed by atoms with E-state index in [1.807, 2.05) is 4.91 Å². The third-order valence-corrected chi connectivity index (χ3v) is 1.22. The van der Waals surface area contributed by atoms with Crippen LogP contribution < -0.4 is 0 Å². The van der Waals surface area contributed by atoms with E-state index in [0.29, 0.717) is 6.42 Å². The molecular formula is C5H6F2N4O. The van der Waals surface area contributed by atoms with Crippen LogP contribution in [-0.2, 0) is 4.74 Å². The first-order valence-corrected chi connectivity index (χ1v) is 3.28. The average molecular weight is 176 g/mol. The summed E-state index contributed by atoms with van der Waals surface area (Å²) in [5, 5.41) is 2.27. The number of alkyl halides is 2. The molecular weight excluding hydrogens is 170 g/mol. The van der Waals surface area contributed by atoms with Crippen molar-refractivity contribution in [2.24, 2.45) is 10.1 Å². The van der Waals surface area contributed by atoms with Crippen LogP contribution in [0.25, 0.3) is 10.4 Å². The van der Waals surface area contributed by atoms with Crippen LogP contribution in [0.3, 0.4) is 0 Å². The van der Waals surface area contributed by atoms with E-state index in [0.717, 1.165) is 0 Å². The molecule has 0 unspecified atom stereocenters. The van der Waals surface area contributed by atoms with Gasteiger partial charge in [0.15, 0.2) is 0 Å². The molecule has 0 aromatic carbocycles. The first-order chi connectivity index (χ1) is 5.67. The number of aliphatic imine (C=N–C) groups is 1. The topological polar surface area (TPSA) is 70.4 Å². The van der Waals surface area contributed by atoms with Gasteiger partial charge in [-0.2, -0.15) is 8.78 Å². The number of azide groups is 1. The minimum absolute atomic E-state index is 0.190. The Morgan fingerprint density at radius 1 is 1.67 bits per heavy atom. The van der Waals surface area contributed by atoms with Crippen molar-refractivity contribution in [1.82, 2.24) is 0 Å². The molecule has 0 radical (unpaired) electrons. The van der Waals surface area contributed by atoms with Crippen LogP contribution in [0.4, 0.5) is 8.78 Å². The van der Waals surface area contributed by atoms with Gasteiger partial charge in [0.05, 0.1) is 6.61 Å². The van der Waals surface area contributed by atoms with Gasteiger partial charge in [0, 0.05) is 17.9 Å². The zero-order valence-corrected chi connectivity index (χ0v) is 6.07. The molecule has 1 aliphatic rings. The molecule has 7 heteroatoms. The summed E-state index contributed by atoms with van der Waals surface area (Å²) in [6, 6.07) is -3.64. The van der Waals surface area contributed by atoms with Gasteiger partial charge in [0.25, 0.3) is 5.90 Å². The van der Waals surface area contributed by atoms with E-state index in [1.165, 1.54) is 0 Å². The minimum Gasteiger partial charge on any atom is -0.477 e. The molecule has 0 aromatic rings. The Hall–Kier alpha value is -1.36. The lowest BCUT2D eigenvalue weighted by Crippen LogP contribution is -2.31. The molecule has 12 heavy (non-hydrogen) atoms. The molecule has 5 nitrogen and oxygen atoms in total. The maximum atomic E-state index is 12.6. The van der Waals surface area contributed by atoms with Gasteiger partial charge in [0.1, 0.15) is 0 Å². The number of nitrogens with zero attached hydrogens (tertiary/aromatic N) is 4. The first-order valence-electron chi connectivity index (χ1n) is 3.28. The number of rotatable bonds is 2. The molecule has 1 rings (SSSR count). The van der Waals surface area contributed by atoms with Crippen molar-refractivity contribution in [3.8, 4) is 0 Å². The third-order valence-electron chi connectivity index (χ3n) is 1.22. The van der Waals surface area contributed by atoms with E-state index in [4.69, 9.17) is 5.53 Å². The van der Waals surface area contributed by atoms with E-state index in [9.17, 15) is 8.78 Å². The highest BCUT2D eigenvalue weighted by molar-refractivity contribution is 5.83. The number of hydrogen-bond donors (Lipinski definition) is 0. The molecule has 0 saturated carbocycles. The second-order valence-corrected chi connectivity index (χ2v) is 2.12. The highest BCUT2D eigenvalue weighted by atomic mass is 19.3. The standard InChI is InChI=1S/C5H6F2N4O/c6-5(7,10-11-8)4-9-2-1-3-12-4/h1-3H2. The van der Waals surface area contributed by atoms with Gasteiger partial charge in [-0.1, -0.05) is 0 Å². The normalized spacial score (nSPS) is 17.3. The van der Waals surface area contributed by atoms with Crippen LogP contribution in [0.2, 0.25) is 0 Å². The Bertz CT molecular complexity index is 246. The van der Waals surface area contributed by atoms with Gasteiger partial charge < -0.3 is 4.74 Å². The van der Waals surface area contributed by atoms with Crippen molar-refractivity contribution in [3.63, 3.8) is 0 Å². The molecule has 1 aliphatic heterocycles. The summed E-state index contributed by atoms with van der Waals surface area (Å²) in [4.78, 5) is 5.40. The first kappa shape index (κ1) is 8.73. The molecule has 0 aromatic heterocycles. The van der Waals surface area contributed by atoms with E-state index in [1.54, 1.807) is 0 Å². The molecule has 0 atom stereocenters. The van der Waals surface area contributed by atoms with Gasteiger partial charge in [0.2, 0.25) is 0 Å². The van der Waals surface area contributed by atoms with Crippen molar-refractivity contribution < 1.29 is 13.5 Å². The number of ether oxygens (including phenoxy) is 1. The van der Waals surface area contributed by atoms with Crippen LogP contribution in [0.5, 0.6) is 0 Å². The highest BCUT2D eigenvalue weighted by Crippen LogP contribution is 2.20. The number of halogens is 2. The zero-order chi connectivity index (χ0) is 9.03. The van der Waals surface area contributed by atoms with Crippen LogP contribution in [0.1, 0.15) is 6.42 Å². The maximum Gasteiger partial charge on any atom is 0.398 e. The second kappa shape index (κ2) is 3.36. The molecule has 1 heterocycles. The monoisotopic (exact) mass is 176 g/mol. The lowest BCUT2D eigenvalue weighted by atomic mass is 10.4. The largest absolute Gasteiger partial charge is 0.477 e. The fourth-order valence-electron chi connectivity index (χ4n) is 0.741. The predicted octanol–water partition coefficient (Wildman–Crippen LogP) is 1.71. The molecule has 0 spiro atoms. The summed E-state index contributed by atoms with van der Waals surface area (Å²) in [6.45, 7) is 0.473. The maximum absolute atomic E-state index is 12.6. The Kier molecular flexibility index (Phi) is 2.44. The summed E-state index contributed by atoms with van der Waals surface area (Å²) in [5.41, 5.74) is 7.80. The van der Waals surface area contributed by atoms with Crippen molar-refractivity contribution in [2.75, 3.05) is 13.2 Å². The van der Waals surface area contributed by atoms with Crippen molar-refractivity contribution in [3.05, 3.63) is 10.4 Å². The fraction of sp³-hybridized carbons (Fsp3) is 0.800. The quantitative estimate of drug-likeness (QED) is 0.273. The minimum atomic E-state index is -3.64. The lowest BCUT2D eigenvalue weighted by Gasteiger charge is -2.17. The lowest BCUT2D eigenvalue weighted by molar-refractivity contribution is 0.0491. The van der Waals surface area contributed by atoms with E-state index < -0.39 is 11.9 Å². The molecule has 0 saturated heterocycles. The van der Waals surface area contributed by atoms with E-state index in [-0.39, 0.29) is 13.2 Å². The molecule has 0 amide bonds. The Morgan fingerprint density at radius 3 is 2.92 bits per heavy atom. The average Bonchev–Trinajstić information content (AvgIpc) is 2.06. The van der Waals surface area contributed by atoms with Crippen LogP contribution in [0, 0.1) is 0 Å². The highest BCUT2D eigenvalue weighted by Gasteiger charge is 2.37. The predicted molar refractivity (Wildman–Crippen MR) is 37.0 cm³/mol. The van der Waals surface area contributed by atoms with Crippen molar-refractivity contribution >= 4 is 5.90 Å². The summed E-state index contributed by atoms with van der Waals surface area (Å²) in [6.07, 6.45) is 0.607. The van der Waals surface area contributed by atoms with Crippen LogP contribution >= 0.6 is 0 Å². The van der Waals surface area contributed by atoms with Gasteiger partial charge in [-0.15, -0.1) is 0 Å². The van der Waals surface area contributed by atoms with E-state index in [2.05, 4.69) is 14.8 Å². The smallest absolute Gasteiger partial charge is 0.398 e. The second-order valence-electron chi connectivity index (χ2n) is 2.12. The Balaban J connectivity index is 2.78. The Morgan fingerprint density at radius 2 is 2.42 bits per heavy atom. The van der Waals surface area contributed by atoms with Crippen molar-refractivity contribution in [2.45, 2.75) is 12.5 Å². The van der Waals surface area contributed by atoms with Gasteiger partial charge in [-0.25, -0.2) is 0 Å². The molecule has 0 bridgehead atoms. The summed E-state index contributed by atoms with van der Waals surface area (Å²) >= 11 is 0. The Labute approximate surface area is 66.7 Å². The summed E-state index contributed by atoms with van der Waals surface area (Å²) in [5.74, 6) is -0.786. The molecule has 0 fully saturated rings. The number of hydrogen-bond acceptors (Lipinski definition) is 3. The zero-order valence-electron chi connectivity index (χ0n) is 6.07. The SMILES string of the molecule is [N-]=[N+]=NC(F)(F)C1=NCCCO1. The van der Waals surface area contributed by atoms with Crippen LogP contribution in [0.15, 0.2) is 10.1 Å². The van der Waals surface area contributed by atoms with Gasteiger partial charge >= 0.3 is 6.05 Å². The molecule has 0 aliphatic carbocycles. The molecule has 0 N–H and O–H groups in total. The third kappa shape index (κ3) is 1.82. The summed E-state index contributed by atoms with van der Waals surface area (Å²) < 4.78 is 29.8. The molecule has 66 valence electrons. The van der Waals surface area contributed by atoms with Gasteiger partial charge in [-0.3, -0.25) is 4.99 Å². The van der Waals surface area contributed by atoms with Crippen molar-refractivity contribution in [1.29, 1.82) is 0 Å². The van der Waals surface area contributed by atoms with E-state index >= 15 is 0 Å².